The molecule has 3 nitrogen and oxygen atoms in total. The first kappa shape index (κ1) is 15.6. The molecule has 21 heavy (non-hydrogen) atoms. The molecule has 1 aromatic carbocycles. The normalized spacial score (nSPS) is 10.2. The molecular formula is C16H14Cl2N2O. The lowest BCUT2D eigenvalue weighted by Gasteiger charge is -2.17. The number of aryl methyl sites for hydroxylation is 1. The van der Waals surface area contributed by atoms with E-state index < -0.39 is 0 Å². The van der Waals surface area contributed by atoms with Crippen molar-refractivity contribution < 1.29 is 4.74 Å². The molecule has 0 saturated heterocycles. The van der Waals surface area contributed by atoms with E-state index in [0.29, 0.717) is 23.0 Å². The minimum Gasteiger partial charge on any atom is -0.496 e. The van der Waals surface area contributed by atoms with Crippen LogP contribution in [0.3, 0.4) is 0 Å². The van der Waals surface area contributed by atoms with Crippen LogP contribution in [0.1, 0.15) is 16.8 Å². The van der Waals surface area contributed by atoms with E-state index in [2.05, 4.69) is 4.98 Å². The number of pyridine rings is 1. The second-order valence-corrected chi connectivity index (χ2v) is 5.32. The average Bonchev–Trinajstić information content (AvgIpc) is 2.50. The average molecular weight is 321 g/mol. The van der Waals surface area contributed by atoms with Gasteiger partial charge in [0, 0.05) is 22.7 Å². The number of benzene rings is 1. The van der Waals surface area contributed by atoms with E-state index in [1.54, 1.807) is 19.4 Å². The summed E-state index contributed by atoms with van der Waals surface area (Å²) in [5, 5.41) is 9.66. The van der Waals surface area contributed by atoms with Crippen LogP contribution in [-0.4, -0.2) is 18.0 Å². The molecule has 5 heteroatoms. The van der Waals surface area contributed by atoms with Gasteiger partial charge in [0.25, 0.3) is 0 Å². The Morgan fingerprint density at radius 2 is 2.14 bits per heavy atom. The van der Waals surface area contributed by atoms with Crippen molar-refractivity contribution in [1.29, 1.82) is 5.26 Å². The molecule has 0 N–H and O–H groups in total. The first-order chi connectivity index (χ1) is 10.1. The van der Waals surface area contributed by atoms with E-state index in [9.17, 15) is 0 Å². The smallest absolute Gasteiger partial charge is 0.141 e. The van der Waals surface area contributed by atoms with Crippen molar-refractivity contribution in [1.82, 2.24) is 4.98 Å². The fourth-order valence-electron chi connectivity index (χ4n) is 2.29. The molecule has 0 unspecified atom stereocenters. The highest BCUT2D eigenvalue weighted by Crippen LogP contribution is 2.40. The summed E-state index contributed by atoms with van der Waals surface area (Å²) >= 11 is 12.2. The summed E-state index contributed by atoms with van der Waals surface area (Å²) < 4.78 is 5.57. The molecule has 0 fully saturated rings. The van der Waals surface area contributed by atoms with Gasteiger partial charge in [-0.05, 0) is 48.2 Å². The lowest BCUT2D eigenvalue weighted by molar-refractivity contribution is 0.411. The third kappa shape index (κ3) is 3.12. The fraction of sp³-hybridized carbons (Fsp3) is 0.250. The van der Waals surface area contributed by atoms with E-state index in [-0.39, 0.29) is 0 Å². The lowest BCUT2D eigenvalue weighted by atomic mass is 9.95. The molecule has 0 bridgehead atoms. The summed E-state index contributed by atoms with van der Waals surface area (Å²) in [7, 11) is 1.62. The number of rotatable bonds is 4. The van der Waals surface area contributed by atoms with Crippen LogP contribution in [0.4, 0.5) is 0 Å². The van der Waals surface area contributed by atoms with Crippen LogP contribution >= 0.6 is 23.2 Å². The number of halogens is 2. The maximum absolute atomic E-state index is 9.01. The zero-order valence-electron chi connectivity index (χ0n) is 11.8. The van der Waals surface area contributed by atoms with Gasteiger partial charge >= 0.3 is 0 Å². The van der Waals surface area contributed by atoms with Gasteiger partial charge in [0.15, 0.2) is 0 Å². The Hall–Kier alpha value is -1.76. The molecule has 0 radical (unpaired) electrons. The first-order valence-corrected chi connectivity index (χ1v) is 7.32. The third-order valence-electron chi connectivity index (χ3n) is 3.28. The standard InChI is InChI=1S/C16H14Cl2N2O/c1-10-14(18)8-12(3-5-17)16(21-2)15(10)11-4-6-20-13(7-11)9-19/h4,6-8H,3,5H2,1-2H3. The number of nitriles is 1. The Balaban J connectivity index is 2.73. The number of alkyl halides is 1. The Kier molecular flexibility index (Phi) is 5.06. The van der Waals surface area contributed by atoms with Gasteiger partial charge < -0.3 is 4.74 Å². The number of nitrogens with zero attached hydrogens (tertiary/aromatic N) is 2. The van der Waals surface area contributed by atoms with Crippen LogP contribution in [0.25, 0.3) is 11.1 Å². The highest BCUT2D eigenvalue weighted by molar-refractivity contribution is 6.32. The fourth-order valence-corrected chi connectivity index (χ4v) is 2.72. The number of hydrogen-bond acceptors (Lipinski definition) is 3. The van der Waals surface area contributed by atoms with Crippen molar-refractivity contribution in [2.75, 3.05) is 13.0 Å². The van der Waals surface area contributed by atoms with Crippen molar-refractivity contribution in [3.8, 4) is 22.9 Å². The zero-order valence-corrected chi connectivity index (χ0v) is 13.3. The van der Waals surface area contributed by atoms with Gasteiger partial charge in [0.1, 0.15) is 17.5 Å². The lowest BCUT2D eigenvalue weighted by Crippen LogP contribution is -1.99. The highest BCUT2D eigenvalue weighted by Gasteiger charge is 2.17. The summed E-state index contributed by atoms with van der Waals surface area (Å²) in [5.74, 6) is 1.22. The predicted octanol–water partition coefficient (Wildman–Crippen LogP) is 4.37. The molecule has 2 rings (SSSR count). The van der Waals surface area contributed by atoms with Crippen LogP contribution in [0.2, 0.25) is 5.02 Å². The van der Waals surface area contributed by atoms with Crippen LogP contribution in [0.5, 0.6) is 5.75 Å². The molecule has 0 aliphatic heterocycles. The van der Waals surface area contributed by atoms with E-state index in [4.69, 9.17) is 33.2 Å². The van der Waals surface area contributed by atoms with E-state index in [1.165, 1.54) is 0 Å². The number of hydrogen-bond donors (Lipinski definition) is 0. The van der Waals surface area contributed by atoms with Gasteiger partial charge in [-0.25, -0.2) is 4.98 Å². The van der Waals surface area contributed by atoms with Gasteiger partial charge in [-0.15, -0.1) is 11.6 Å². The SMILES string of the molecule is COc1c(CCCl)cc(Cl)c(C)c1-c1ccnc(C#N)c1. The maximum atomic E-state index is 9.01. The molecule has 1 aromatic heterocycles. The monoisotopic (exact) mass is 320 g/mol. The number of methoxy groups -OCH3 is 1. The third-order valence-corrected chi connectivity index (χ3v) is 3.87. The molecule has 0 aliphatic carbocycles. The zero-order chi connectivity index (χ0) is 15.4. The Morgan fingerprint density at radius 1 is 1.38 bits per heavy atom. The van der Waals surface area contributed by atoms with Crippen LogP contribution in [-0.2, 0) is 6.42 Å². The maximum Gasteiger partial charge on any atom is 0.141 e. The topological polar surface area (TPSA) is 45.9 Å². The Labute approximate surface area is 134 Å². The van der Waals surface area contributed by atoms with Gasteiger partial charge in [0.05, 0.1) is 7.11 Å². The summed E-state index contributed by atoms with van der Waals surface area (Å²) in [6.07, 6.45) is 2.27. The largest absolute Gasteiger partial charge is 0.496 e. The van der Waals surface area contributed by atoms with E-state index in [1.807, 2.05) is 25.1 Å². The molecule has 0 spiro atoms. The molecule has 2 aromatic rings. The minimum atomic E-state index is 0.354. The molecular weight excluding hydrogens is 307 g/mol. The summed E-state index contributed by atoms with van der Waals surface area (Å²) in [6, 6.07) is 7.49. The molecule has 0 atom stereocenters. The Morgan fingerprint density at radius 3 is 2.76 bits per heavy atom. The van der Waals surface area contributed by atoms with E-state index in [0.717, 1.165) is 28.0 Å². The molecule has 0 aliphatic rings. The second kappa shape index (κ2) is 6.80. The van der Waals surface area contributed by atoms with Gasteiger partial charge in [0.2, 0.25) is 0 Å². The van der Waals surface area contributed by atoms with Crippen LogP contribution < -0.4 is 4.74 Å². The van der Waals surface area contributed by atoms with Crippen LogP contribution in [0.15, 0.2) is 24.4 Å². The van der Waals surface area contributed by atoms with Gasteiger partial charge in [-0.1, -0.05) is 11.6 Å². The van der Waals surface area contributed by atoms with Crippen molar-refractivity contribution in [2.24, 2.45) is 0 Å². The van der Waals surface area contributed by atoms with Crippen molar-refractivity contribution >= 4 is 23.2 Å². The first-order valence-electron chi connectivity index (χ1n) is 6.40. The van der Waals surface area contributed by atoms with E-state index >= 15 is 0 Å². The summed E-state index contributed by atoms with van der Waals surface area (Å²) in [6.45, 7) is 1.93. The van der Waals surface area contributed by atoms with Crippen molar-refractivity contribution in [2.45, 2.75) is 13.3 Å². The quantitative estimate of drug-likeness (QED) is 0.786. The second-order valence-electron chi connectivity index (χ2n) is 4.53. The number of ether oxygens (including phenoxy) is 1. The van der Waals surface area contributed by atoms with Crippen molar-refractivity contribution in [3.63, 3.8) is 0 Å². The Bertz CT molecular complexity index is 708. The van der Waals surface area contributed by atoms with Crippen molar-refractivity contribution in [3.05, 3.63) is 46.2 Å². The van der Waals surface area contributed by atoms with Gasteiger partial charge in [-0.3, -0.25) is 0 Å². The van der Waals surface area contributed by atoms with Crippen LogP contribution in [0, 0.1) is 18.3 Å². The summed E-state index contributed by atoms with van der Waals surface area (Å²) in [5.41, 5.74) is 3.95. The number of aromatic nitrogens is 1. The van der Waals surface area contributed by atoms with Gasteiger partial charge in [-0.2, -0.15) is 5.26 Å². The molecule has 108 valence electrons. The predicted molar refractivity (Wildman–Crippen MR) is 85.1 cm³/mol. The molecule has 1 heterocycles. The summed E-state index contributed by atoms with van der Waals surface area (Å²) in [4.78, 5) is 3.99. The molecule has 0 saturated carbocycles. The highest BCUT2D eigenvalue weighted by atomic mass is 35.5. The molecule has 0 amide bonds. The minimum absolute atomic E-state index is 0.354.